The third kappa shape index (κ3) is 2.61. The van der Waals surface area contributed by atoms with Gasteiger partial charge in [0, 0.05) is 10.6 Å². The second-order valence-electron chi connectivity index (χ2n) is 4.46. The van der Waals surface area contributed by atoms with Crippen molar-refractivity contribution in [3.63, 3.8) is 0 Å². The van der Waals surface area contributed by atoms with E-state index in [1.54, 1.807) is 10.7 Å². The number of rotatable bonds is 4. The lowest BCUT2D eigenvalue weighted by Crippen LogP contribution is -2.12. The van der Waals surface area contributed by atoms with Crippen molar-refractivity contribution in [1.29, 1.82) is 0 Å². The van der Waals surface area contributed by atoms with Crippen molar-refractivity contribution in [3.8, 4) is 0 Å². The first-order valence-corrected chi connectivity index (χ1v) is 6.44. The second-order valence-corrected chi connectivity index (χ2v) is 4.87. The maximum atomic E-state index is 12.0. The van der Waals surface area contributed by atoms with Crippen LogP contribution >= 0.6 is 11.6 Å². The van der Waals surface area contributed by atoms with Crippen molar-refractivity contribution in [3.05, 3.63) is 46.7 Å². The van der Waals surface area contributed by atoms with Crippen LogP contribution in [0.5, 0.6) is 0 Å². The summed E-state index contributed by atoms with van der Waals surface area (Å²) in [5, 5.41) is 8.26. The number of ether oxygens (including phenoxy) is 1. The molecule has 1 aliphatic rings. The minimum Gasteiger partial charge on any atom is -0.456 e. The molecular formula is C13H12ClN3O2. The summed E-state index contributed by atoms with van der Waals surface area (Å²) in [6.45, 7) is 0.147. The number of benzene rings is 1. The number of nitrogens with zero attached hydrogens (tertiary/aromatic N) is 3. The van der Waals surface area contributed by atoms with Crippen LogP contribution in [-0.2, 0) is 11.3 Å². The van der Waals surface area contributed by atoms with Crippen molar-refractivity contribution in [2.24, 2.45) is 0 Å². The van der Waals surface area contributed by atoms with E-state index in [0.29, 0.717) is 16.8 Å². The van der Waals surface area contributed by atoms with E-state index in [1.807, 2.05) is 18.2 Å². The molecule has 3 rings (SSSR count). The molecule has 5 nitrogen and oxygen atoms in total. The molecule has 0 saturated heterocycles. The smallest absolute Gasteiger partial charge is 0.358 e. The molecule has 19 heavy (non-hydrogen) atoms. The third-order valence-electron chi connectivity index (χ3n) is 2.99. The van der Waals surface area contributed by atoms with Gasteiger partial charge in [0.1, 0.15) is 6.61 Å². The van der Waals surface area contributed by atoms with Gasteiger partial charge in [0.15, 0.2) is 5.69 Å². The third-order valence-corrected chi connectivity index (χ3v) is 3.36. The summed E-state index contributed by atoms with van der Waals surface area (Å²) < 4.78 is 6.88. The lowest BCUT2D eigenvalue weighted by Gasteiger charge is -2.07. The molecule has 0 N–H and O–H groups in total. The predicted molar refractivity (Wildman–Crippen MR) is 68.9 cm³/mol. The second kappa shape index (κ2) is 5.01. The van der Waals surface area contributed by atoms with E-state index in [2.05, 4.69) is 10.3 Å². The molecule has 98 valence electrons. The molecule has 0 unspecified atom stereocenters. The predicted octanol–water partition coefficient (Wildman–Crippen LogP) is 2.62. The molecule has 1 aromatic carbocycles. The Morgan fingerprint density at radius 3 is 2.95 bits per heavy atom. The Kier molecular flexibility index (Phi) is 3.21. The summed E-state index contributed by atoms with van der Waals surface area (Å²) in [5.41, 5.74) is 1.18. The van der Waals surface area contributed by atoms with Gasteiger partial charge in [-0.3, -0.25) is 0 Å². The van der Waals surface area contributed by atoms with E-state index in [-0.39, 0.29) is 6.61 Å². The molecule has 6 heteroatoms. The van der Waals surface area contributed by atoms with Gasteiger partial charge in [0.25, 0.3) is 0 Å². The quantitative estimate of drug-likeness (QED) is 0.806. The molecular weight excluding hydrogens is 266 g/mol. The van der Waals surface area contributed by atoms with Crippen LogP contribution < -0.4 is 0 Å². The van der Waals surface area contributed by atoms with Gasteiger partial charge < -0.3 is 4.74 Å². The van der Waals surface area contributed by atoms with E-state index >= 15 is 0 Å². The van der Waals surface area contributed by atoms with Crippen molar-refractivity contribution < 1.29 is 9.53 Å². The van der Waals surface area contributed by atoms with Gasteiger partial charge in [-0.25, -0.2) is 9.48 Å². The number of carbonyl (C=O) groups excluding carboxylic acids is 1. The fourth-order valence-corrected chi connectivity index (χ4v) is 2.00. The molecule has 1 saturated carbocycles. The van der Waals surface area contributed by atoms with E-state index in [0.717, 1.165) is 18.4 Å². The van der Waals surface area contributed by atoms with Gasteiger partial charge in [-0.15, -0.1) is 5.10 Å². The highest BCUT2D eigenvalue weighted by molar-refractivity contribution is 6.31. The van der Waals surface area contributed by atoms with Gasteiger partial charge in [-0.05, 0) is 18.9 Å². The van der Waals surface area contributed by atoms with Crippen LogP contribution in [0.25, 0.3) is 0 Å². The number of carbonyl (C=O) groups is 1. The molecule has 1 aromatic heterocycles. The largest absolute Gasteiger partial charge is 0.456 e. The van der Waals surface area contributed by atoms with Gasteiger partial charge in [-0.1, -0.05) is 35.0 Å². The van der Waals surface area contributed by atoms with Gasteiger partial charge in [0.2, 0.25) is 0 Å². The highest BCUT2D eigenvalue weighted by Gasteiger charge is 2.29. The summed E-state index contributed by atoms with van der Waals surface area (Å²) in [6, 6.07) is 7.57. The molecule has 1 heterocycles. The molecule has 0 amide bonds. The minimum absolute atomic E-state index is 0.147. The standard InChI is InChI=1S/C13H12ClN3O2/c14-11-4-2-1-3-9(11)8-19-13(18)12-7-15-16-17(12)10-5-6-10/h1-4,7,10H,5-6,8H2. The molecule has 0 aliphatic heterocycles. The number of esters is 1. The average Bonchev–Trinajstić information content (AvgIpc) is 3.15. The Morgan fingerprint density at radius 1 is 1.42 bits per heavy atom. The highest BCUT2D eigenvalue weighted by atomic mass is 35.5. The topological polar surface area (TPSA) is 57.0 Å². The zero-order chi connectivity index (χ0) is 13.2. The van der Waals surface area contributed by atoms with Crippen molar-refractivity contribution in [2.75, 3.05) is 0 Å². The van der Waals surface area contributed by atoms with Crippen LogP contribution in [0.15, 0.2) is 30.5 Å². The SMILES string of the molecule is O=C(OCc1ccccc1Cl)c1cnnn1C1CC1. The van der Waals surface area contributed by atoms with Crippen LogP contribution in [0.3, 0.4) is 0 Å². The van der Waals surface area contributed by atoms with Crippen LogP contribution in [-0.4, -0.2) is 21.0 Å². The fourth-order valence-electron chi connectivity index (χ4n) is 1.81. The lowest BCUT2D eigenvalue weighted by molar-refractivity contribution is 0.0458. The molecule has 1 fully saturated rings. The van der Waals surface area contributed by atoms with Crippen molar-refractivity contribution in [1.82, 2.24) is 15.0 Å². The molecule has 1 aliphatic carbocycles. The number of hydrogen-bond acceptors (Lipinski definition) is 4. The van der Waals surface area contributed by atoms with Crippen LogP contribution in [0.2, 0.25) is 5.02 Å². The molecule has 0 atom stereocenters. The Hall–Kier alpha value is -1.88. The Balaban J connectivity index is 1.68. The van der Waals surface area contributed by atoms with E-state index in [9.17, 15) is 4.79 Å². The maximum Gasteiger partial charge on any atom is 0.358 e. The van der Waals surface area contributed by atoms with Gasteiger partial charge >= 0.3 is 5.97 Å². The van der Waals surface area contributed by atoms with Crippen LogP contribution in [0.4, 0.5) is 0 Å². The summed E-state index contributed by atoms with van der Waals surface area (Å²) in [4.78, 5) is 12.0. The Bertz CT molecular complexity index is 607. The van der Waals surface area contributed by atoms with Gasteiger partial charge in [-0.2, -0.15) is 0 Å². The highest BCUT2D eigenvalue weighted by Crippen LogP contribution is 2.34. The normalized spacial score (nSPS) is 14.4. The fraction of sp³-hybridized carbons (Fsp3) is 0.308. The first-order chi connectivity index (χ1) is 9.25. The Labute approximate surface area is 115 Å². The molecule has 0 radical (unpaired) electrons. The monoisotopic (exact) mass is 277 g/mol. The lowest BCUT2D eigenvalue weighted by atomic mass is 10.2. The average molecular weight is 278 g/mol. The van der Waals surface area contributed by atoms with Gasteiger partial charge in [0.05, 0.1) is 12.2 Å². The van der Waals surface area contributed by atoms with Crippen LogP contribution in [0, 0.1) is 0 Å². The van der Waals surface area contributed by atoms with E-state index < -0.39 is 5.97 Å². The number of halogens is 1. The van der Waals surface area contributed by atoms with Crippen molar-refractivity contribution >= 4 is 17.6 Å². The zero-order valence-corrected chi connectivity index (χ0v) is 10.9. The first-order valence-electron chi connectivity index (χ1n) is 6.06. The molecule has 0 bridgehead atoms. The minimum atomic E-state index is -0.420. The number of hydrogen-bond donors (Lipinski definition) is 0. The maximum absolute atomic E-state index is 12.0. The first kappa shape index (κ1) is 12.2. The van der Waals surface area contributed by atoms with E-state index in [1.165, 1.54) is 6.20 Å². The summed E-state index contributed by atoms with van der Waals surface area (Å²) >= 11 is 6.00. The molecule has 0 spiro atoms. The van der Waals surface area contributed by atoms with E-state index in [4.69, 9.17) is 16.3 Å². The summed E-state index contributed by atoms with van der Waals surface area (Å²) in [6.07, 6.45) is 3.51. The summed E-state index contributed by atoms with van der Waals surface area (Å²) in [5.74, 6) is -0.420. The van der Waals surface area contributed by atoms with Crippen molar-refractivity contribution in [2.45, 2.75) is 25.5 Å². The zero-order valence-electron chi connectivity index (χ0n) is 10.1. The van der Waals surface area contributed by atoms with Crippen LogP contribution in [0.1, 0.15) is 34.9 Å². The molecule has 2 aromatic rings. The number of aromatic nitrogens is 3. The summed E-state index contributed by atoms with van der Waals surface area (Å²) in [7, 11) is 0. The Morgan fingerprint density at radius 2 is 2.21 bits per heavy atom.